The van der Waals surface area contributed by atoms with Crippen LogP contribution in [0.4, 0.5) is 0 Å². The van der Waals surface area contributed by atoms with Gasteiger partial charge >= 0.3 is 0 Å². The first-order valence-corrected chi connectivity index (χ1v) is 8.00. The van der Waals surface area contributed by atoms with Gasteiger partial charge in [-0.2, -0.15) is 0 Å². The Bertz CT molecular complexity index is 613. The molecule has 2 aromatic rings. The van der Waals surface area contributed by atoms with Gasteiger partial charge in [0.15, 0.2) is 0 Å². The van der Waals surface area contributed by atoms with E-state index in [2.05, 4.69) is 0 Å². The van der Waals surface area contributed by atoms with E-state index in [-0.39, 0.29) is 5.91 Å². The van der Waals surface area contributed by atoms with E-state index in [1.807, 2.05) is 61.5 Å². The number of hydrogen-bond acceptors (Lipinski definition) is 3. The highest BCUT2D eigenvalue weighted by Crippen LogP contribution is 2.22. The predicted molar refractivity (Wildman–Crippen MR) is 89.7 cm³/mol. The molecule has 122 valence electrons. The number of aryl methyl sites for hydroxylation is 1. The second-order valence-electron chi connectivity index (χ2n) is 5.43. The average molecular weight is 313 g/mol. The fourth-order valence-electron chi connectivity index (χ4n) is 2.29. The van der Waals surface area contributed by atoms with Crippen LogP contribution in [0.3, 0.4) is 0 Å². The smallest absolute Gasteiger partial charge is 0.245 e. The fourth-order valence-corrected chi connectivity index (χ4v) is 2.29. The maximum absolute atomic E-state index is 11.5. The van der Waals surface area contributed by atoms with Crippen molar-refractivity contribution in [2.75, 3.05) is 6.54 Å². The van der Waals surface area contributed by atoms with E-state index in [0.717, 1.165) is 35.0 Å². The molecule has 0 saturated heterocycles. The molecule has 2 rings (SSSR count). The van der Waals surface area contributed by atoms with Crippen LogP contribution < -0.4 is 4.74 Å². The van der Waals surface area contributed by atoms with E-state index in [1.54, 1.807) is 0 Å². The summed E-state index contributed by atoms with van der Waals surface area (Å²) in [5, 5.41) is 10.5. The van der Waals surface area contributed by atoms with Gasteiger partial charge in [0.25, 0.3) is 0 Å². The molecule has 0 radical (unpaired) electrons. The van der Waals surface area contributed by atoms with Crippen molar-refractivity contribution in [3.8, 4) is 11.5 Å². The van der Waals surface area contributed by atoms with Crippen LogP contribution in [0.15, 0.2) is 54.6 Å². The molecule has 0 unspecified atom stereocenters. The third-order valence-electron chi connectivity index (χ3n) is 3.46. The molecule has 1 N–H and O–H groups in total. The molecule has 23 heavy (non-hydrogen) atoms. The Morgan fingerprint density at radius 3 is 2.57 bits per heavy atom. The van der Waals surface area contributed by atoms with Gasteiger partial charge in [0.05, 0.1) is 0 Å². The number of hydroxylamine groups is 2. The molecule has 4 nitrogen and oxygen atoms in total. The summed E-state index contributed by atoms with van der Waals surface area (Å²) >= 11 is 0. The number of benzene rings is 2. The molecule has 0 saturated carbocycles. The Hall–Kier alpha value is -2.33. The number of carbonyl (C=O) groups is 1. The zero-order valence-corrected chi connectivity index (χ0v) is 13.4. The zero-order chi connectivity index (χ0) is 16.5. The SMILES string of the molecule is CCCC(=O)N(O)CCCc1cccc(Oc2ccccc2)c1. The van der Waals surface area contributed by atoms with Gasteiger partial charge in [0.1, 0.15) is 11.5 Å². The van der Waals surface area contributed by atoms with Crippen molar-refractivity contribution in [3.05, 3.63) is 60.2 Å². The van der Waals surface area contributed by atoms with Crippen LogP contribution >= 0.6 is 0 Å². The Balaban J connectivity index is 1.84. The lowest BCUT2D eigenvalue weighted by atomic mass is 10.1. The van der Waals surface area contributed by atoms with Crippen LogP contribution in [0.25, 0.3) is 0 Å². The Labute approximate surface area is 137 Å². The van der Waals surface area contributed by atoms with Gasteiger partial charge in [-0.15, -0.1) is 0 Å². The van der Waals surface area contributed by atoms with E-state index in [9.17, 15) is 10.0 Å². The first kappa shape index (κ1) is 17.0. The molecule has 0 aliphatic carbocycles. The van der Waals surface area contributed by atoms with Gasteiger partial charge in [-0.3, -0.25) is 10.0 Å². The molecule has 2 aromatic carbocycles. The van der Waals surface area contributed by atoms with Crippen molar-refractivity contribution in [1.82, 2.24) is 5.06 Å². The van der Waals surface area contributed by atoms with Gasteiger partial charge in [0, 0.05) is 13.0 Å². The molecule has 1 amide bonds. The molecule has 0 aliphatic rings. The average Bonchev–Trinajstić information content (AvgIpc) is 2.56. The third-order valence-corrected chi connectivity index (χ3v) is 3.46. The molecular weight excluding hydrogens is 290 g/mol. The molecule has 0 fully saturated rings. The predicted octanol–water partition coefficient (Wildman–Crippen LogP) is 4.43. The number of carbonyl (C=O) groups excluding carboxylic acids is 1. The summed E-state index contributed by atoms with van der Waals surface area (Å²) in [6.07, 6.45) is 2.62. The zero-order valence-electron chi connectivity index (χ0n) is 13.4. The highest BCUT2D eigenvalue weighted by molar-refractivity contribution is 5.74. The lowest BCUT2D eigenvalue weighted by molar-refractivity contribution is -0.165. The van der Waals surface area contributed by atoms with Crippen LogP contribution in [-0.2, 0) is 11.2 Å². The summed E-state index contributed by atoms with van der Waals surface area (Å²) < 4.78 is 5.80. The number of rotatable bonds is 8. The van der Waals surface area contributed by atoms with Crippen molar-refractivity contribution in [1.29, 1.82) is 0 Å². The molecular formula is C19H23NO3. The number of nitrogens with zero attached hydrogens (tertiary/aromatic N) is 1. The molecule has 4 heteroatoms. The van der Waals surface area contributed by atoms with E-state index in [1.165, 1.54) is 0 Å². The van der Waals surface area contributed by atoms with Crippen molar-refractivity contribution < 1.29 is 14.7 Å². The minimum Gasteiger partial charge on any atom is -0.457 e. The minimum absolute atomic E-state index is 0.214. The first-order chi connectivity index (χ1) is 11.2. The van der Waals surface area contributed by atoms with Crippen LogP contribution in [-0.4, -0.2) is 22.7 Å². The summed E-state index contributed by atoms with van der Waals surface area (Å²) in [5.74, 6) is 1.38. The maximum atomic E-state index is 11.5. The summed E-state index contributed by atoms with van der Waals surface area (Å²) in [7, 11) is 0. The summed E-state index contributed by atoms with van der Waals surface area (Å²) in [4.78, 5) is 11.5. The molecule has 0 aromatic heterocycles. The Morgan fingerprint density at radius 1 is 1.09 bits per heavy atom. The van der Waals surface area contributed by atoms with E-state index >= 15 is 0 Å². The highest BCUT2D eigenvalue weighted by Gasteiger charge is 2.09. The number of ether oxygens (including phenoxy) is 1. The largest absolute Gasteiger partial charge is 0.457 e. The third kappa shape index (κ3) is 5.75. The van der Waals surface area contributed by atoms with Crippen LogP contribution in [0.1, 0.15) is 31.7 Å². The standard InChI is InChI=1S/C19H23NO3/c1-2-8-19(21)20(22)14-7-10-16-9-6-13-18(15-16)23-17-11-4-3-5-12-17/h3-6,9,11-13,15,22H,2,7-8,10,14H2,1H3. The molecule has 0 aliphatic heterocycles. The van der Waals surface area contributed by atoms with Gasteiger partial charge in [-0.05, 0) is 49.1 Å². The quantitative estimate of drug-likeness (QED) is 0.579. The monoisotopic (exact) mass is 313 g/mol. The number of hydrogen-bond donors (Lipinski definition) is 1. The second kappa shape index (κ2) is 8.96. The van der Waals surface area contributed by atoms with Gasteiger partial charge in [-0.1, -0.05) is 37.3 Å². The molecule has 0 atom stereocenters. The molecule has 0 spiro atoms. The van der Waals surface area contributed by atoms with Gasteiger partial charge in [0.2, 0.25) is 5.91 Å². The van der Waals surface area contributed by atoms with Gasteiger partial charge in [-0.25, -0.2) is 5.06 Å². The topological polar surface area (TPSA) is 49.8 Å². The second-order valence-corrected chi connectivity index (χ2v) is 5.43. The van der Waals surface area contributed by atoms with Crippen molar-refractivity contribution in [2.24, 2.45) is 0 Å². The number of para-hydroxylation sites is 1. The highest BCUT2D eigenvalue weighted by atomic mass is 16.5. The Kier molecular flexibility index (Phi) is 6.63. The lowest BCUT2D eigenvalue weighted by Gasteiger charge is -2.14. The summed E-state index contributed by atoms with van der Waals surface area (Å²) in [6, 6.07) is 17.5. The summed E-state index contributed by atoms with van der Waals surface area (Å²) in [6.45, 7) is 2.27. The van der Waals surface area contributed by atoms with E-state index < -0.39 is 0 Å². The van der Waals surface area contributed by atoms with Gasteiger partial charge < -0.3 is 4.74 Å². The molecule has 0 bridgehead atoms. The van der Waals surface area contributed by atoms with E-state index in [0.29, 0.717) is 19.4 Å². The van der Waals surface area contributed by atoms with Crippen LogP contribution in [0.5, 0.6) is 11.5 Å². The maximum Gasteiger partial charge on any atom is 0.245 e. The molecule has 0 heterocycles. The van der Waals surface area contributed by atoms with E-state index in [4.69, 9.17) is 4.74 Å². The normalized spacial score (nSPS) is 10.3. The van der Waals surface area contributed by atoms with Crippen LogP contribution in [0, 0.1) is 0 Å². The fraction of sp³-hybridized carbons (Fsp3) is 0.316. The number of amides is 1. The van der Waals surface area contributed by atoms with Crippen LogP contribution in [0.2, 0.25) is 0 Å². The summed E-state index contributed by atoms with van der Waals surface area (Å²) in [5.41, 5.74) is 1.12. The minimum atomic E-state index is -0.214. The lowest BCUT2D eigenvalue weighted by Crippen LogP contribution is -2.28. The van der Waals surface area contributed by atoms with Crippen molar-refractivity contribution in [3.63, 3.8) is 0 Å². The Morgan fingerprint density at radius 2 is 1.83 bits per heavy atom. The van der Waals surface area contributed by atoms with Crippen molar-refractivity contribution >= 4 is 5.91 Å². The first-order valence-electron chi connectivity index (χ1n) is 8.00. The van der Waals surface area contributed by atoms with Crippen molar-refractivity contribution in [2.45, 2.75) is 32.6 Å².